The van der Waals surface area contributed by atoms with E-state index in [1.807, 2.05) is 80.3 Å². The molecule has 11 rings (SSSR count). The van der Waals surface area contributed by atoms with E-state index in [9.17, 15) is 69.6 Å². The maximum atomic E-state index is 11.8. The molecule has 0 bridgehead atoms. The summed E-state index contributed by atoms with van der Waals surface area (Å²) < 4.78 is 0. The Balaban J connectivity index is 0.000000247. The van der Waals surface area contributed by atoms with Crippen molar-refractivity contribution in [3.05, 3.63) is 338 Å². The fourth-order valence-corrected chi connectivity index (χ4v) is 12.7. The number of hydrogen-bond acceptors (Lipinski definition) is 24. The number of pyridine rings is 10. The number of nitrogens with zero attached hydrogens (tertiary/aromatic N) is 15. The van der Waals surface area contributed by atoms with Gasteiger partial charge in [0, 0.05) is 78.5 Å². The Kier molecular flexibility index (Phi) is 29.3. The van der Waals surface area contributed by atoms with Gasteiger partial charge in [-0.3, -0.25) is 29.6 Å². The summed E-state index contributed by atoms with van der Waals surface area (Å²) in [6, 6.07) is 55.1. The zero-order valence-corrected chi connectivity index (χ0v) is 64.5. The molecule has 11 aromatic rings. The standard InChI is InChI=1S/C46H42N8O7S.C40H41N7O7/c1-30(55)40-13-3-9-34(49-40)23-53(24-35-10-4-14-41(50-35)44(56)57)27-38-21-32(8-2-7-31-17-19-33(20-18-31)47-29-62)22-39(48-38)28-54(25-36-11-5-15-42(51-36)45(58)59)26-37-12-6-16-43(52-37)46(60)61;1-25(48)33-13-5-9-27(42-33)19-46(20-28-10-6-14-34(43-28)37(49)50)23-31-17-26(40(2,3)4)18-32(41-31)24-47(21-29-11-7-15-35(44-29)38(51)52)22-30-12-8-16-36(45-30)39(53)54/h3-6,9-22,55H,1-2,7-8,23-28H2,(H,56,57)(H,58,59)(H,60,61);5-18,48H,1,19-24H2,2-4H3,(H,49,50)(H,51,52)(H,53,54). The minimum atomic E-state index is -1.16. The van der Waals surface area contributed by atoms with Gasteiger partial charge in [0.25, 0.3) is 0 Å². The third kappa shape index (κ3) is 25.9. The van der Waals surface area contributed by atoms with Gasteiger partial charge in [0.1, 0.15) is 57.1 Å². The van der Waals surface area contributed by atoms with E-state index in [0.717, 1.165) is 35.2 Å². The molecular weight excluding hydrogens is 1500 g/mol. The maximum Gasteiger partial charge on any atom is 0.354 e. The Morgan fingerprint density at radius 1 is 0.319 bits per heavy atom. The zero-order valence-electron chi connectivity index (χ0n) is 63.6. The molecule has 592 valence electrons. The summed E-state index contributed by atoms with van der Waals surface area (Å²) in [5.41, 5.74) is 10.8. The third-order valence-electron chi connectivity index (χ3n) is 17.8. The topological polar surface area (TPSA) is 418 Å². The zero-order chi connectivity index (χ0) is 83.0. The lowest BCUT2D eigenvalue weighted by Crippen LogP contribution is -2.27. The largest absolute Gasteiger partial charge is 0.506 e. The van der Waals surface area contributed by atoms with Crippen molar-refractivity contribution in [3.8, 4) is 0 Å². The summed E-state index contributed by atoms with van der Waals surface area (Å²) in [4.78, 5) is 128. The molecule has 30 heteroatoms. The molecule has 8 N–H and O–H groups in total. The quantitative estimate of drug-likeness (QED) is 0.0102. The third-order valence-corrected chi connectivity index (χ3v) is 17.9. The van der Waals surface area contributed by atoms with Crippen molar-refractivity contribution in [3.63, 3.8) is 0 Å². The molecule has 29 nitrogen and oxygen atoms in total. The number of hydrogen-bond donors (Lipinski definition) is 8. The number of thiocarbonyl (C=S) groups is 1. The van der Waals surface area contributed by atoms with Crippen molar-refractivity contribution in [1.82, 2.24) is 69.4 Å². The highest BCUT2D eigenvalue weighted by Gasteiger charge is 2.24. The molecule has 0 atom stereocenters. The Morgan fingerprint density at radius 2 is 0.543 bits per heavy atom. The molecule has 0 amide bonds. The molecule has 0 aliphatic heterocycles. The molecule has 0 saturated heterocycles. The van der Waals surface area contributed by atoms with Crippen LogP contribution in [0.3, 0.4) is 0 Å². The van der Waals surface area contributed by atoms with Crippen molar-refractivity contribution in [1.29, 1.82) is 0 Å². The van der Waals surface area contributed by atoms with E-state index >= 15 is 0 Å². The monoisotopic (exact) mass is 1580 g/mol. The van der Waals surface area contributed by atoms with Gasteiger partial charge in [-0.1, -0.05) is 94.6 Å². The highest BCUT2D eigenvalue weighted by molar-refractivity contribution is 7.78. The van der Waals surface area contributed by atoms with Crippen molar-refractivity contribution in [2.24, 2.45) is 4.99 Å². The number of aromatic carboxylic acids is 6. The fraction of sp³-hybridized carbons (Fsp3) is 0.221. The Bertz CT molecular complexity index is 4960. The number of carbonyl (C=O) groups is 6. The Hall–Kier alpha value is -13.7. The van der Waals surface area contributed by atoms with E-state index in [0.29, 0.717) is 99.2 Å². The predicted molar refractivity (Wildman–Crippen MR) is 431 cm³/mol. The van der Waals surface area contributed by atoms with Crippen LogP contribution < -0.4 is 0 Å². The van der Waals surface area contributed by atoms with Crippen LogP contribution in [0.2, 0.25) is 0 Å². The van der Waals surface area contributed by atoms with E-state index in [1.165, 1.54) is 36.4 Å². The van der Waals surface area contributed by atoms with E-state index in [1.54, 1.807) is 97.1 Å². The van der Waals surface area contributed by atoms with Gasteiger partial charge < -0.3 is 40.9 Å². The van der Waals surface area contributed by atoms with Gasteiger partial charge >= 0.3 is 35.8 Å². The van der Waals surface area contributed by atoms with Gasteiger partial charge in [-0.25, -0.2) is 68.6 Å². The number of aromatic nitrogens is 10. The number of carboxylic acid groups (broad SMARTS) is 6. The van der Waals surface area contributed by atoms with Gasteiger partial charge in [-0.15, -0.1) is 0 Å². The van der Waals surface area contributed by atoms with Crippen LogP contribution in [0.5, 0.6) is 0 Å². The summed E-state index contributed by atoms with van der Waals surface area (Å²) in [6.45, 7) is 16.5. The number of benzene rings is 1. The number of aliphatic hydroxyl groups is 2. The van der Waals surface area contributed by atoms with Gasteiger partial charge in [0.05, 0.1) is 79.2 Å². The summed E-state index contributed by atoms with van der Waals surface area (Å²) in [5, 5.41) is 80.1. The average molecular weight is 1580 g/mol. The maximum absolute atomic E-state index is 11.8. The highest BCUT2D eigenvalue weighted by Crippen LogP contribution is 2.28. The normalized spacial score (nSPS) is 11.2. The first-order chi connectivity index (χ1) is 55.5. The molecule has 0 aliphatic rings. The smallest absolute Gasteiger partial charge is 0.354 e. The molecule has 0 aliphatic carbocycles. The van der Waals surface area contributed by atoms with Crippen LogP contribution in [0.15, 0.2) is 212 Å². The van der Waals surface area contributed by atoms with Crippen LogP contribution in [-0.2, 0) is 96.8 Å². The lowest BCUT2D eigenvalue weighted by molar-refractivity contribution is 0.0678. The van der Waals surface area contributed by atoms with Gasteiger partial charge in [-0.05, 0) is 187 Å². The lowest BCUT2D eigenvalue weighted by atomic mass is 9.86. The highest BCUT2D eigenvalue weighted by atomic mass is 32.1. The minimum absolute atomic E-state index is 0.0776. The molecule has 0 saturated carbocycles. The molecule has 116 heavy (non-hydrogen) atoms. The number of carboxylic acids is 6. The van der Waals surface area contributed by atoms with Crippen LogP contribution in [-0.4, -0.2) is 151 Å². The van der Waals surface area contributed by atoms with Crippen molar-refractivity contribution in [2.45, 2.75) is 124 Å². The molecule has 1 aromatic carbocycles. The first-order valence-electron chi connectivity index (χ1n) is 36.4. The van der Waals surface area contributed by atoms with Gasteiger partial charge in [0.15, 0.2) is 0 Å². The Morgan fingerprint density at radius 3 is 0.776 bits per heavy atom. The number of aliphatic imine (C=N–C) groups is 1. The minimum Gasteiger partial charge on any atom is -0.506 e. The molecule has 10 heterocycles. The molecule has 10 aromatic heterocycles. The van der Waals surface area contributed by atoms with E-state index in [4.69, 9.17) is 22.2 Å². The van der Waals surface area contributed by atoms with Crippen molar-refractivity contribution in [2.75, 3.05) is 0 Å². The van der Waals surface area contributed by atoms with Crippen molar-refractivity contribution < 1.29 is 69.6 Å². The van der Waals surface area contributed by atoms with Crippen LogP contribution in [0, 0.1) is 0 Å². The summed E-state index contributed by atoms with van der Waals surface area (Å²) >= 11 is 4.74. The number of aryl methyl sites for hydroxylation is 2. The van der Waals surface area contributed by atoms with Crippen LogP contribution >= 0.6 is 12.2 Å². The van der Waals surface area contributed by atoms with Crippen LogP contribution in [0.25, 0.3) is 11.5 Å². The summed E-state index contributed by atoms with van der Waals surface area (Å²) in [5.74, 6) is -7.25. The van der Waals surface area contributed by atoms with Gasteiger partial charge in [0.2, 0.25) is 0 Å². The van der Waals surface area contributed by atoms with E-state index in [-0.39, 0.29) is 117 Å². The van der Waals surface area contributed by atoms with Crippen LogP contribution in [0.4, 0.5) is 5.69 Å². The Labute approximate surface area is 672 Å². The number of rotatable bonds is 37. The fourth-order valence-electron chi connectivity index (χ4n) is 12.6. The predicted octanol–water partition coefficient (Wildman–Crippen LogP) is 13.6. The lowest BCUT2D eigenvalue weighted by Gasteiger charge is -2.26. The molecule has 0 spiro atoms. The average Bonchev–Trinajstić information content (AvgIpc) is 0.814. The second-order valence-electron chi connectivity index (χ2n) is 28.2. The summed E-state index contributed by atoms with van der Waals surface area (Å²) in [6.07, 6.45) is 2.28. The van der Waals surface area contributed by atoms with E-state index < -0.39 is 35.8 Å². The molecule has 0 radical (unpaired) electrons. The first-order valence-corrected chi connectivity index (χ1v) is 36.8. The number of isothiocyanates is 1. The van der Waals surface area contributed by atoms with Crippen LogP contribution in [0.1, 0.15) is 187 Å². The first kappa shape index (κ1) is 84.7. The van der Waals surface area contributed by atoms with Gasteiger partial charge in [-0.2, -0.15) is 4.99 Å². The second kappa shape index (κ2) is 40.1. The van der Waals surface area contributed by atoms with Crippen molar-refractivity contribution >= 4 is 70.4 Å². The molecular formula is C86H83N15O14S. The second-order valence-corrected chi connectivity index (χ2v) is 28.4. The molecule has 0 unspecified atom stereocenters. The molecule has 0 fully saturated rings. The number of aliphatic hydroxyl groups excluding tert-OH is 2. The van der Waals surface area contributed by atoms with E-state index in [2.05, 4.69) is 84.0 Å². The SMILES string of the molecule is C=C(O)c1cccc(CN(Cc2cc(C(C)(C)C)cc(CN(Cc3cccc(C(=O)O)n3)Cc3cccc(C(=O)O)n3)n2)Cc2cccc(C(=O)O)n2)n1.C=C(O)c1cccc(CN(Cc2cc(CCCc3ccc(N=C=S)cc3)cc(CN(Cc3cccc(C(=O)O)n3)Cc3cccc(C(=O)O)n3)n2)Cc2cccc(C(=O)O)n2)n1. The summed E-state index contributed by atoms with van der Waals surface area (Å²) in [7, 11) is 0.